The second kappa shape index (κ2) is 13.9. The Labute approximate surface area is 345 Å². The van der Waals surface area contributed by atoms with Gasteiger partial charge in [-0.1, -0.05) is 184 Å². The molecule has 10 aromatic rings. The van der Waals surface area contributed by atoms with E-state index in [1.165, 1.54) is 77.6 Å². The lowest BCUT2D eigenvalue weighted by atomic mass is 9.82. The van der Waals surface area contributed by atoms with Crippen molar-refractivity contribution in [3.63, 3.8) is 0 Å². The van der Waals surface area contributed by atoms with Gasteiger partial charge in [0.2, 0.25) is 0 Å². The molecule has 0 amide bonds. The summed E-state index contributed by atoms with van der Waals surface area (Å²) < 4.78 is 2.47. The number of fused-ring (bicyclic) bond motifs is 6. The van der Waals surface area contributed by atoms with Gasteiger partial charge in [-0.2, -0.15) is 0 Å². The Morgan fingerprint density at radius 1 is 0.339 bits per heavy atom. The van der Waals surface area contributed by atoms with Crippen LogP contribution in [0.15, 0.2) is 218 Å². The average molecular weight is 755 g/mol. The van der Waals surface area contributed by atoms with E-state index in [2.05, 4.69) is 242 Å². The molecule has 1 aliphatic rings. The summed E-state index contributed by atoms with van der Waals surface area (Å²) in [5.41, 5.74) is 19.3. The first-order valence-corrected chi connectivity index (χ1v) is 20.5. The summed E-state index contributed by atoms with van der Waals surface area (Å²) in [6.07, 6.45) is 0. The van der Waals surface area contributed by atoms with Crippen LogP contribution in [-0.4, -0.2) is 4.57 Å². The van der Waals surface area contributed by atoms with Crippen LogP contribution in [0.25, 0.3) is 72.0 Å². The van der Waals surface area contributed by atoms with Crippen molar-refractivity contribution >= 4 is 38.9 Å². The predicted octanol–water partition coefficient (Wildman–Crippen LogP) is 15.6. The normalized spacial score (nSPS) is 12.7. The SMILES string of the molecule is CC1(C)c2ccccc2-c2ccc(N(c3ccc(-c4ccccc4)cc3)c3ccc(-c4cccc(-c5ccccc5)c4-n4c5ccccc5c5ccccc54)cc3)cc21. The molecule has 0 bridgehead atoms. The quantitative estimate of drug-likeness (QED) is 0.157. The molecule has 0 saturated heterocycles. The summed E-state index contributed by atoms with van der Waals surface area (Å²) in [6, 6.07) is 79.8. The number of para-hydroxylation sites is 3. The molecule has 2 nitrogen and oxygen atoms in total. The third-order valence-corrected chi connectivity index (χ3v) is 12.4. The standard InChI is InChI=1S/C57H42N2/c1-57(2)52-25-12-9-20-48(52)49-37-36-45(38-53(49)57)58(43-32-28-40(29-33-43)39-16-5-3-6-17-39)44-34-30-42(31-35-44)47-24-15-23-46(41-18-7-4-8-19-41)56(47)59-54-26-13-10-21-50(54)51-22-11-14-27-55(51)59/h3-38H,1-2H3. The molecular weight excluding hydrogens is 713 g/mol. The first kappa shape index (κ1) is 34.8. The molecular formula is C57H42N2. The molecule has 0 N–H and O–H groups in total. The number of anilines is 3. The van der Waals surface area contributed by atoms with Gasteiger partial charge in [0.1, 0.15) is 0 Å². The van der Waals surface area contributed by atoms with E-state index in [4.69, 9.17) is 0 Å². The maximum Gasteiger partial charge on any atom is 0.0618 e. The molecule has 0 fully saturated rings. The van der Waals surface area contributed by atoms with Crippen molar-refractivity contribution in [2.45, 2.75) is 19.3 Å². The molecule has 0 atom stereocenters. The highest BCUT2D eigenvalue weighted by molar-refractivity contribution is 6.10. The molecule has 280 valence electrons. The fourth-order valence-corrected chi connectivity index (χ4v) is 9.53. The molecule has 1 aromatic heterocycles. The largest absolute Gasteiger partial charge is 0.310 e. The highest BCUT2D eigenvalue weighted by atomic mass is 15.1. The van der Waals surface area contributed by atoms with Crippen LogP contribution < -0.4 is 4.90 Å². The van der Waals surface area contributed by atoms with E-state index < -0.39 is 0 Å². The molecule has 0 spiro atoms. The molecule has 2 heteroatoms. The molecule has 0 radical (unpaired) electrons. The van der Waals surface area contributed by atoms with Gasteiger partial charge < -0.3 is 9.47 Å². The number of hydrogen-bond donors (Lipinski definition) is 0. The zero-order valence-electron chi connectivity index (χ0n) is 33.2. The fourth-order valence-electron chi connectivity index (χ4n) is 9.53. The lowest BCUT2D eigenvalue weighted by Gasteiger charge is -2.28. The number of rotatable bonds is 7. The number of hydrogen-bond acceptors (Lipinski definition) is 1. The lowest BCUT2D eigenvalue weighted by Crippen LogP contribution is -2.16. The van der Waals surface area contributed by atoms with Crippen LogP contribution >= 0.6 is 0 Å². The zero-order valence-corrected chi connectivity index (χ0v) is 33.2. The molecule has 9 aromatic carbocycles. The maximum absolute atomic E-state index is 2.47. The molecule has 11 rings (SSSR count). The fraction of sp³-hybridized carbons (Fsp3) is 0.0526. The van der Waals surface area contributed by atoms with Gasteiger partial charge in [-0.25, -0.2) is 0 Å². The van der Waals surface area contributed by atoms with Crippen LogP contribution in [0, 0.1) is 0 Å². The zero-order chi connectivity index (χ0) is 39.5. The summed E-state index contributed by atoms with van der Waals surface area (Å²) in [7, 11) is 0. The number of benzene rings is 9. The number of nitrogens with zero attached hydrogens (tertiary/aromatic N) is 2. The Morgan fingerprint density at radius 2 is 0.780 bits per heavy atom. The summed E-state index contributed by atoms with van der Waals surface area (Å²) in [5.74, 6) is 0. The molecule has 0 saturated carbocycles. The van der Waals surface area contributed by atoms with Crippen LogP contribution in [-0.2, 0) is 5.41 Å². The topological polar surface area (TPSA) is 8.17 Å². The smallest absolute Gasteiger partial charge is 0.0618 e. The van der Waals surface area contributed by atoms with E-state index in [1.807, 2.05) is 0 Å². The van der Waals surface area contributed by atoms with Crippen molar-refractivity contribution < 1.29 is 0 Å². The third kappa shape index (κ3) is 5.71. The van der Waals surface area contributed by atoms with Crippen LogP contribution in [0.2, 0.25) is 0 Å². The minimum Gasteiger partial charge on any atom is -0.310 e. The Kier molecular flexibility index (Phi) is 8.20. The van der Waals surface area contributed by atoms with Crippen LogP contribution in [0.5, 0.6) is 0 Å². The van der Waals surface area contributed by atoms with Gasteiger partial charge in [0.05, 0.1) is 16.7 Å². The van der Waals surface area contributed by atoms with Gasteiger partial charge in [-0.05, 0) is 93.0 Å². The Morgan fingerprint density at radius 3 is 1.41 bits per heavy atom. The first-order chi connectivity index (χ1) is 29.0. The van der Waals surface area contributed by atoms with E-state index in [0.29, 0.717) is 0 Å². The molecule has 59 heavy (non-hydrogen) atoms. The van der Waals surface area contributed by atoms with E-state index in [9.17, 15) is 0 Å². The molecule has 1 heterocycles. The summed E-state index contributed by atoms with van der Waals surface area (Å²) in [5, 5.41) is 2.50. The summed E-state index contributed by atoms with van der Waals surface area (Å²) in [6.45, 7) is 4.71. The van der Waals surface area contributed by atoms with E-state index in [0.717, 1.165) is 22.6 Å². The van der Waals surface area contributed by atoms with E-state index in [1.54, 1.807) is 0 Å². The molecule has 0 aliphatic heterocycles. The van der Waals surface area contributed by atoms with Crippen molar-refractivity contribution in [3.05, 3.63) is 230 Å². The average Bonchev–Trinajstić information content (AvgIpc) is 3.75. The van der Waals surface area contributed by atoms with Crippen molar-refractivity contribution in [1.82, 2.24) is 4.57 Å². The van der Waals surface area contributed by atoms with Crippen LogP contribution in [0.1, 0.15) is 25.0 Å². The van der Waals surface area contributed by atoms with Gasteiger partial charge >= 0.3 is 0 Å². The predicted molar refractivity (Wildman–Crippen MR) is 249 cm³/mol. The van der Waals surface area contributed by atoms with Gasteiger partial charge in [0.25, 0.3) is 0 Å². The second-order valence-corrected chi connectivity index (χ2v) is 16.1. The first-order valence-electron chi connectivity index (χ1n) is 20.5. The van der Waals surface area contributed by atoms with Crippen molar-refractivity contribution in [2.24, 2.45) is 0 Å². The molecule has 1 aliphatic carbocycles. The lowest BCUT2D eigenvalue weighted by molar-refractivity contribution is 0.660. The van der Waals surface area contributed by atoms with Gasteiger partial charge in [0, 0.05) is 44.4 Å². The number of aromatic nitrogens is 1. The van der Waals surface area contributed by atoms with E-state index in [-0.39, 0.29) is 5.41 Å². The minimum absolute atomic E-state index is 0.110. The third-order valence-electron chi connectivity index (χ3n) is 12.4. The van der Waals surface area contributed by atoms with Crippen molar-refractivity contribution in [1.29, 1.82) is 0 Å². The summed E-state index contributed by atoms with van der Waals surface area (Å²) in [4.78, 5) is 2.41. The highest BCUT2D eigenvalue weighted by Crippen LogP contribution is 2.51. The van der Waals surface area contributed by atoms with Gasteiger partial charge in [0.15, 0.2) is 0 Å². The maximum atomic E-state index is 2.47. The van der Waals surface area contributed by atoms with Crippen LogP contribution in [0.3, 0.4) is 0 Å². The second-order valence-electron chi connectivity index (χ2n) is 16.1. The Bertz CT molecular complexity index is 3100. The van der Waals surface area contributed by atoms with Crippen molar-refractivity contribution in [2.75, 3.05) is 4.90 Å². The van der Waals surface area contributed by atoms with E-state index >= 15 is 0 Å². The van der Waals surface area contributed by atoms with Gasteiger partial charge in [-0.3, -0.25) is 0 Å². The van der Waals surface area contributed by atoms with Crippen LogP contribution in [0.4, 0.5) is 17.1 Å². The minimum atomic E-state index is -0.110. The van der Waals surface area contributed by atoms with Crippen molar-refractivity contribution in [3.8, 4) is 50.2 Å². The summed E-state index contributed by atoms with van der Waals surface area (Å²) >= 11 is 0. The highest BCUT2D eigenvalue weighted by Gasteiger charge is 2.35. The van der Waals surface area contributed by atoms with Gasteiger partial charge in [-0.15, -0.1) is 0 Å². The molecule has 0 unspecified atom stereocenters. The monoisotopic (exact) mass is 754 g/mol. The Hall–Kier alpha value is -7.42. The Balaban J connectivity index is 1.08.